The maximum atomic E-state index is 10.1. The normalized spacial score (nSPS) is 12.4. The summed E-state index contributed by atoms with van der Waals surface area (Å²) in [6, 6.07) is 18.5. The SMILES string of the molecule is Cc1ccc(C(O)C[Se]c2ccccc2)cc1. The van der Waals surface area contributed by atoms with Gasteiger partial charge < -0.3 is 0 Å². The molecule has 0 aliphatic rings. The third-order valence-corrected chi connectivity index (χ3v) is 4.90. The fraction of sp³-hybridized carbons (Fsp3) is 0.200. The van der Waals surface area contributed by atoms with Crippen LogP contribution < -0.4 is 4.46 Å². The molecule has 0 saturated heterocycles. The number of benzene rings is 2. The van der Waals surface area contributed by atoms with Gasteiger partial charge in [0.2, 0.25) is 0 Å². The van der Waals surface area contributed by atoms with Crippen molar-refractivity contribution in [2.45, 2.75) is 18.3 Å². The zero-order valence-electron chi connectivity index (χ0n) is 9.84. The van der Waals surface area contributed by atoms with E-state index < -0.39 is 0 Å². The van der Waals surface area contributed by atoms with Crippen molar-refractivity contribution in [1.29, 1.82) is 0 Å². The second kappa shape index (κ2) is 6.02. The second-order valence-electron chi connectivity index (χ2n) is 4.05. The number of hydrogen-bond donors (Lipinski definition) is 1. The van der Waals surface area contributed by atoms with Crippen LogP contribution in [-0.4, -0.2) is 20.1 Å². The standard InChI is InChI=1S/C15H16OSe/c1-12-7-9-13(10-8-12)15(16)11-17-14-5-3-2-4-6-14/h2-10,15-16H,11H2,1H3. The van der Waals surface area contributed by atoms with E-state index in [4.69, 9.17) is 0 Å². The number of aliphatic hydroxyl groups is 1. The molecule has 2 rings (SSSR count). The van der Waals surface area contributed by atoms with Crippen LogP contribution in [0.15, 0.2) is 54.6 Å². The Morgan fingerprint density at radius 3 is 2.29 bits per heavy atom. The summed E-state index contributed by atoms with van der Waals surface area (Å²) < 4.78 is 1.34. The van der Waals surface area contributed by atoms with E-state index in [9.17, 15) is 5.11 Å². The van der Waals surface area contributed by atoms with Crippen molar-refractivity contribution < 1.29 is 5.11 Å². The van der Waals surface area contributed by atoms with Gasteiger partial charge >= 0.3 is 109 Å². The van der Waals surface area contributed by atoms with Gasteiger partial charge in [0.25, 0.3) is 0 Å². The first kappa shape index (κ1) is 12.4. The molecule has 0 amide bonds. The van der Waals surface area contributed by atoms with Crippen molar-refractivity contribution in [2.24, 2.45) is 0 Å². The van der Waals surface area contributed by atoms with Gasteiger partial charge in [-0.15, -0.1) is 0 Å². The minimum absolute atomic E-state index is 0.337. The summed E-state index contributed by atoms with van der Waals surface area (Å²) in [5, 5.41) is 10.9. The Kier molecular flexibility index (Phi) is 4.38. The Morgan fingerprint density at radius 2 is 1.65 bits per heavy atom. The Bertz CT molecular complexity index is 450. The summed E-state index contributed by atoms with van der Waals surface area (Å²) in [6.07, 6.45) is -0.337. The predicted molar refractivity (Wildman–Crippen MR) is 72.8 cm³/mol. The van der Waals surface area contributed by atoms with Crippen LogP contribution in [0.25, 0.3) is 0 Å². The zero-order valence-corrected chi connectivity index (χ0v) is 11.5. The van der Waals surface area contributed by atoms with Crippen molar-refractivity contribution in [3.05, 3.63) is 65.7 Å². The molecule has 0 aliphatic heterocycles. The molecule has 0 aliphatic carbocycles. The van der Waals surface area contributed by atoms with E-state index in [1.54, 1.807) is 0 Å². The van der Waals surface area contributed by atoms with Gasteiger partial charge in [0, 0.05) is 0 Å². The van der Waals surface area contributed by atoms with E-state index in [1.165, 1.54) is 10.0 Å². The molecular formula is C15H16OSe. The molecular weight excluding hydrogens is 275 g/mol. The summed E-state index contributed by atoms with van der Waals surface area (Å²) in [4.78, 5) is 0. The van der Waals surface area contributed by atoms with Crippen molar-refractivity contribution in [1.82, 2.24) is 0 Å². The van der Waals surface area contributed by atoms with Crippen molar-refractivity contribution in [2.75, 3.05) is 0 Å². The molecule has 0 aromatic heterocycles. The molecule has 1 unspecified atom stereocenters. The Labute approximate surface area is 109 Å². The monoisotopic (exact) mass is 292 g/mol. The molecule has 0 fully saturated rings. The van der Waals surface area contributed by atoms with Crippen LogP contribution in [0.3, 0.4) is 0 Å². The van der Waals surface area contributed by atoms with E-state index in [1.807, 2.05) is 30.3 Å². The van der Waals surface area contributed by atoms with E-state index >= 15 is 0 Å². The summed E-state index contributed by atoms with van der Waals surface area (Å²) in [6.45, 7) is 2.06. The van der Waals surface area contributed by atoms with Gasteiger partial charge in [-0.3, -0.25) is 0 Å². The average molecular weight is 291 g/mol. The van der Waals surface area contributed by atoms with Crippen molar-refractivity contribution >= 4 is 19.4 Å². The van der Waals surface area contributed by atoms with Gasteiger partial charge in [-0.25, -0.2) is 0 Å². The number of hydrogen-bond acceptors (Lipinski definition) is 1. The number of aryl methyl sites for hydroxylation is 1. The van der Waals surface area contributed by atoms with Gasteiger partial charge in [-0.1, -0.05) is 0 Å². The molecule has 0 heterocycles. The maximum absolute atomic E-state index is 10.1. The molecule has 88 valence electrons. The molecule has 0 radical (unpaired) electrons. The van der Waals surface area contributed by atoms with Crippen molar-refractivity contribution in [3.63, 3.8) is 0 Å². The molecule has 0 saturated carbocycles. The van der Waals surface area contributed by atoms with E-state index in [0.717, 1.165) is 10.9 Å². The van der Waals surface area contributed by atoms with E-state index in [2.05, 4.69) is 31.2 Å². The Morgan fingerprint density at radius 1 is 1.00 bits per heavy atom. The van der Waals surface area contributed by atoms with Crippen LogP contribution in [0.5, 0.6) is 0 Å². The van der Waals surface area contributed by atoms with Crippen LogP contribution in [0, 0.1) is 6.92 Å². The van der Waals surface area contributed by atoms with Crippen LogP contribution in [0.1, 0.15) is 17.2 Å². The average Bonchev–Trinajstić information content (AvgIpc) is 2.38. The third-order valence-electron chi connectivity index (χ3n) is 2.61. The molecule has 2 aromatic rings. The Balaban J connectivity index is 1.93. The first-order valence-corrected chi connectivity index (χ1v) is 7.75. The molecule has 2 aromatic carbocycles. The van der Waals surface area contributed by atoms with Gasteiger partial charge in [0.1, 0.15) is 0 Å². The van der Waals surface area contributed by atoms with E-state index in [0.29, 0.717) is 15.0 Å². The fourth-order valence-corrected chi connectivity index (χ4v) is 3.45. The molecule has 1 nitrogen and oxygen atoms in total. The molecule has 2 heteroatoms. The summed E-state index contributed by atoms with van der Waals surface area (Å²) in [5.74, 6) is 0. The van der Waals surface area contributed by atoms with Crippen molar-refractivity contribution in [3.8, 4) is 0 Å². The van der Waals surface area contributed by atoms with Gasteiger partial charge in [0.05, 0.1) is 0 Å². The quantitative estimate of drug-likeness (QED) is 0.858. The molecule has 17 heavy (non-hydrogen) atoms. The molecule has 1 atom stereocenters. The van der Waals surface area contributed by atoms with Gasteiger partial charge in [-0.2, -0.15) is 0 Å². The molecule has 1 N–H and O–H groups in total. The van der Waals surface area contributed by atoms with Gasteiger partial charge in [0.15, 0.2) is 0 Å². The van der Waals surface area contributed by atoms with E-state index in [-0.39, 0.29) is 6.10 Å². The van der Waals surface area contributed by atoms with Crippen LogP contribution in [-0.2, 0) is 0 Å². The topological polar surface area (TPSA) is 20.2 Å². The first-order valence-electron chi connectivity index (χ1n) is 5.68. The number of aliphatic hydroxyl groups excluding tert-OH is 1. The van der Waals surface area contributed by atoms with Gasteiger partial charge in [-0.05, 0) is 0 Å². The Hall–Kier alpha value is -1.08. The second-order valence-corrected chi connectivity index (χ2v) is 6.34. The number of rotatable bonds is 4. The molecule has 0 spiro atoms. The summed E-state index contributed by atoms with van der Waals surface area (Å²) in [7, 11) is 0. The minimum atomic E-state index is -0.337. The van der Waals surface area contributed by atoms with Crippen LogP contribution >= 0.6 is 0 Å². The summed E-state index contributed by atoms with van der Waals surface area (Å²) in [5.41, 5.74) is 2.25. The third kappa shape index (κ3) is 3.71. The first-order chi connectivity index (χ1) is 8.25. The van der Waals surface area contributed by atoms with Crippen LogP contribution in [0.4, 0.5) is 0 Å². The zero-order chi connectivity index (χ0) is 12.1. The van der Waals surface area contributed by atoms with Crippen LogP contribution in [0.2, 0.25) is 5.32 Å². The fourth-order valence-electron chi connectivity index (χ4n) is 1.58. The predicted octanol–water partition coefficient (Wildman–Crippen LogP) is 2.48. The summed E-state index contributed by atoms with van der Waals surface area (Å²) >= 11 is 0.339. The molecule has 0 bridgehead atoms.